The molecular formula is C31H24N8O6S. The summed E-state index contributed by atoms with van der Waals surface area (Å²) in [6.45, 7) is 0. The van der Waals surface area contributed by atoms with Gasteiger partial charge in [-0.15, -0.1) is 10.2 Å². The molecule has 0 atom stereocenters. The third-order valence-corrected chi connectivity index (χ3v) is 7.32. The second-order valence-electron chi connectivity index (χ2n) is 9.67. The van der Waals surface area contributed by atoms with Crippen LogP contribution in [0.4, 0.5) is 39.8 Å². The van der Waals surface area contributed by atoms with E-state index in [0.717, 1.165) is 17.2 Å². The first kappa shape index (κ1) is 31.1. The van der Waals surface area contributed by atoms with Crippen LogP contribution in [-0.4, -0.2) is 35.5 Å². The number of aliphatic carboxylic acids is 1. The van der Waals surface area contributed by atoms with Gasteiger partial charge in [-0.1, -0.05) is 24.3 Å². The molecule has 0 saturated carbocycles. The Balaban J connectivity index is 1.24. The number of ketones is 1. The summed E-state index contributed by atoms with van der Waals surface area (Å²) in [4.78, 5) is 22.5. The number of nitrogens with zero attached hydrogens (tertiary/aromatic N) is 5. The number of nitrogen functional groups attached to an aromatic ring is 2. The number of hydrazone groups is 1. The lowest BCUT2D eigenvalue weighted by Gasteiger charge is -2.07. The maximum absolute atomic E-state index is 11.6. The molecule has 0 bridgehead atoms. The van der Waals surface area contributed by atoms with Gasteiger partial charge in [-0.2, -0.15) is 23.7 Å². The fourth-order valence-electron chi connectivity index (χ4n) is 4.03. The van der Waals surface area contributed by atoms with E-state index >= 15 is 0 Å². The average Bonchev–Trinajstić information content (AvgIpc) is 3.03. The lowest BCUT2D eigenvalue weighted by atomic mass is 10.0. The third kappa shape index (κ3) is 7.60. The number of carboxylic acid groups (broad SMARTS) is 1. The van der Waals surface area contributed by atoms with Crippen LogP contribution in [0.15, 0.2) is 139 Å². The van der Waals surface area contributed by atoms with Gasteiger partial charge < -0.3 is 16.6 Å². The number of azo groups is 2. The van der Waals surface area contributed by atoms with E-state index < -0.39 is 21.9 Å². The minimum atomic E-state index is -4.32. The Morgan fingerprint density at radius 1 is 0.717 bits per heavy atom. The van der Waals surface area contributed by atoms with Gasteiger partial charge >= 0.3 is 5.97 Å². The first-order valence-electron chi connectivity index (χ1n) is 13.3. The number of hydrogen-bond acceptors (Lipinski definition) is 12. The van der Waals surface area contributed by atoms with Crippen LogP contribution in [0, 0.1) is 0 Å². The Hall–Kier alpha value is -6.32. The number of anilines is 3. The zero-order valence-electron chi connectivity index (χ0n) is 23.6. The summed E-state index contributed by atoms with van der Waals surface area (Å²) in [5, 5.41) is 29.9. The van der Waals surface area contributed by atoms with Crippen molar-refractivity contribution >= 4 is 67.4 Å². The van der Waals surface area contributed by atoms with Gasteiger partial charge in [0.05, 0.1) is 39.0 Å². The van der Waals surface area contributed by atoms with Gasteiger partial charge in [-0.05, 0) is 90.0 Å². The van der Waals surface area contributed by atoms with Crippen molar-refractivity contribution in [2.24, 2.45) is 25.6 Å². The Bertz CT molecular complexity index is 2090. The Labute approximate surface area is 262 Å². The number of hydrogen-bond donors (Lipinski definition) is 5. The Morgan fingerprint density at radius 3 is 1.76 bits per heavy atom. The van der Waals surface area contributed by atoms with Crippen molar-refractivity contribution in [2.45, 2.75) is 4.90 Å². The topological polar surface area (TPSA) is 235 Å². The minimum absolute atomic E-state index is 0.249. The fraction of sp³-hybridized carbons (Fsp3) is 0. The molecule has 46 heavy (non-hydrogen) atoms. The molecule has 0 amide bonds. The van der Waals surface area contributed by atoms with Gasteiger partial charge in [0.25, 0.3) is 10.1 Å². The van der Waals surface area contributed by atoms with E-state index in [9.17, 15) is 18.0 Å². The molecule has 5 rings (SSSR count). The lowest BCUT2D eigenvalue weighted by molar-refractivity contribution is -0.134. The molecule has 4 aromatic carbocycles. The molecule has 1 aliphatic rings. The molecule has 0 fully saturated rings. The Morgan fingerprint density at radius 2 is 1.24 bits per heavy atom. The highest BCUT2D eigenvalue weighted by molar-refractivity contribution is 7.85. The number of benzene rings is 4. The highest BCUT2D eigenvalue weighted by atomic mass is 32.2. The van der Waals surface area contributed by atoms with Gasteiger partial charge in [0.1, 0.15) is 16.9 Å². The van der Waals surface area contributed by atoms with Crippen molar-refractivity contribution in [3.63, 3.8) is 0 Å². The maximum atomic E-state index is 11.6. The minimum Gasteiger partial charge on any atom is -0.478 e. The highest BCUT2D eigenvalue weighted by Crippen LogP contribution is 2.35. The van der Waals surface area contributed by atoms with Gasteiger partial charge in [0, 0.05) is 0 Å². The molecule has 1 aliphatic carbocycles. The van der Waals surface area contributed by atoms with Crippen molar-refractivity contribution in [2.75, 3.05) is 16.9 Å². The van der Waals surface area contributed by atoms with E-state index in [-0.39, 0.29) is 27.5 Å². The van der Waals surface area contributed by atoms with Crippen molar-refractivity contribution in [3.8, 4) is 11.1 Å². The zero-order chi connectivity index (χ0) is 32.8. The number of carboxylic acids is 1. The monoisotopic (exact) mass is 636 g/mol. The maximum Gasteiger partial charge on any atom is 0.339 e. The van der Waals surface area contributed by atoms with E-state index in [4.69, 9.17) is 21.1 Å². The van der Waals surface area contributed by atoms with Crippen molar-refractivity contribution in [1.29, 1.82) is 0 Å². The molecule has 14 nitrogen and oxygen atoms in total. The standard InChI is InChI=1S/C31H24N8O6S/c32-26-16-27(33)29(39-36-22-9-12-24(13-10-22)46(43,44)45)17-28(26)38-35-21-7-3-19(4-8-21)18-1-5-20(6-2-18)34-37-23-11-14-30(40)25(15-23)31(41)42/h1-17,34H,32-33H2,(H,41,42)(H,43,44,45). The predicted molar refractivity (Wildman–Crippen MR) is 173 cm³/mol. The summed E-state index contributed by atoms with van der Waals surface area (Å²) in [6, 6.07) is 22.8. The number of allylic oxidation sites excluding steroid dienone is 3. The van der Waals surface area contributed by atoms with E-state index in [1.54, 1.807) is 24.3 Å². The molecule has 0 aromatic heterocycles. The van der Waals surface area contributed by atoms with Gasteiger partial charge in [0.15, 0.2) is 5.78 Å². The molecule has 0 radical (unpaired) electrons. The second kappa shape index (κ2) is 13.1. The van der Waals surface area contributed by atoms with Crippen LogP contribution in [-0.2, 0) is 19.7 Å². The molecular weight excluding hydrogens is 612 g/mol. The number of carbonyl (C=O) groups excluding carboxylic acids is 1. The van der Waals surface area contributed by atoms with Crippen LogP contribution in [0.5, 0.6) is 0 Å². The summed E-state index contributed by atoms with van der Waals surface area (Å²) in [5.74, 6) is -1.90. The number of nitrogens with two attached hydrogens (primary N) is 2. The molecule has 4 aromatic rings. The summed E-state index contributed by atoms with van der Waals surface area (Å²) in [7, 11) is -4.32. The average molecular weight is 637 g/mol. The van der Waals surface area contributed by atoms with E-state index in [1.165, 1.54) is 48.6 Å². The molecule has 0 saturated heterocycles. The number of carbonyl (C=O) groups is 2. The quantitative estimate of drug-likeness (QED) is 0.0335. The van der Waals surface area contributed by atoms with Crippen LogP contribution in [0.1, 0.15) is 0 Å². The van der Waals surface area contributed by atoms with Crippen LogP contribution < -0.4 is 16.9 Å². The van der Waals surface area contributed by atoms with Crippen molar-refractivity contribution in [3.05, 3.63) is 109 Å². The molecule has 15 heteroatoms. The smallest absolute Gasteiger partial charge is 0.339 e. The second-order valence-corrected chi connectivity index (χ2v) is 11.1. The van der Waals surface area contributed by atoms with Gasteiger partial charge in [-0.25, -0.2) is 4.79 Å². The molecule has 0 spiro atoms. The van der Waals surface area contributed by atoms with Crippen LogP contribution >= 0.6 is 0 Å². The van der Waals surface area contributed by atoms with E-state index in [2.05, 4.69) is 31.0 Å². The number of rotatable bonds is 9. The zero-order valence-corrected chi connectivity index (χ0v) is 24.5. The van der Waals surface area contributed by atoms with Gasteiger partial charge in [0.2, 0.25) is 0 Å². The SMILES string of the molecule is Nc1cc(N)c(N=Nc2ccc(S(=O)(=O)O)cc2)cc1N=Nc1ccc(-c2ccc(NN=C3C=CC(=O)C(C(=O)O)=C3)cc2)cc1. The predicted octanol–water partition coefficient (Wildman–Crippen LogP) is 6.51. The first-order valence-corrected chi connectivity index (χ1v) is 14.7. The van der Waals surface area contributed by atoms with Crippen LogP contribution in [0.2, 0.25) is 0 Å². The van der Waals surface area contributed by atoms with Crippen molar-refractivity contribution in [1.82, 2.24) is 0 Å². The largest absolute Gasteiger partial charge is 0.478 e. The molecule has 0 aliphatic heterocycles. The summed E-state index contributed by atoms with van der Waals surface area (Å²) in [6.07, 6.45) is 3.80. The van der Waals surface area contributed by atoms with Crippen LogP contribution in [0.25, 0.3) is 11.1 Å². The van der Waals surface area contributed by atoms with Crippen molar-refractivity contribution < 1.29 is 27.7 Å². The molecule has 7 N–H and O–H groups in total. The summed E-state index contributed by atoms with van der Waals surface area (Å²) >= 11 is 0. The fourth-order valence-corrected chi connectivity index (χ4v) is 4.51. The highest BCUT2D eigenvalue weighted by Gasteiger charge is 2.18. The summed E-state index contributed by atoms with van der Waals surface area (Å²) in [5.41, 5.74) is 19.4. The molecule has 230 valence electrons. The lowest BCUT2D eigenvalue weighted by Crippen LogP contribution is -2.15. The Kier molecular flexibility index (Phi) is 8.88. The number of nitrogens with one attached hydrogen (secondary N) is 1. The van der Waals surface area contributed by atoms with Gasteiger partial charge in [-0.3, -0.25) is 14.8 Å². The molecule has 0 heterocycles. The van der Waals surface area contributed by atoms with E-state index in [0.29, 0.717) is 28.5 Å². The van der Waals surface area contributed by atoms with Crippen LogP contribution in [0.3, 0.4) is 0 Å². The first-order chi connectivity index (χ1) is 22.0. The third-order valence-electron chi connectivity index (χ3n) is 6.45. The molecule has 0 unspecified atom stereocenters. The summed E-state index contributed by atoms with van der Waals surface area (Å²) < 4.78 is 31.5. The van der Waals surface area contributed by atoms with E-state index in [1.807, 2.05) is 24.3 Å². The normalized spacial score (nSPS) is 14.2.